The third-order valence-electron chi connectivity index (χ3n) is 6.79. The van der Waals surface area contributed by atoms with E-state index in [2.05, 4.69) is 10.3 Å². The second-order valence-corrected chi connectivity index (χ2v) is 9.76. The summed E-state index contributed by atoms with van der Waals surface area (Å²) in [4.78, 5) is 24.2. The van der Waals surface area contributed by atoms with E-state index < -0.39 is 0 Å². The van der Waals surface area contributed by atoms with Crippen LogP contribution in [-0.4, -0.2) is 58.5 Å². The van der Waals surface area contributed by atoms with Crippen molar-refractivity contribution in [2.45, 2.75) is 31.9 Å². The quantitative estimate of drug-likeness (QED) is 0.395. The van der Waals surface area contributed by atoms with Crippen LogP contribution in [0.5, 0.6) is 5.75 Å². The summed E-state index contributed by atoms with van der Waals surface area (Å²) < 4.78 is 27.1. The number of Topliss-reactive ketones (excluding diaryl/α,β-unsaturated/α-hetero) is 1. The minimum Gasteiger partial charge on any atom is -0.486 e. The van der Waals surface area contributed by atoms with E-state index in [0.29, 0.717) is 49.6 Å². The largest absolute Gasteiger partial charge is 0.486 e. The minimum absolute atomic E-state index is 0.0334. The molecule has 6 rings (SSSR count). The van der Waals surface area contributed by atoms with Crippen LogP contribution < -0.4 is 10.1 Å². The van der Waals surface area contributed by atoms with Crippen LogP contribution in [0.1, 0.15) is 34.5 Å². The van der Waals surface area contributed by atoms with Gasteiger partial charge in [0.2, 0.25) is 0 Å². The van der Waals surface area contributed by atoms with Crippen molar-refractivity contribution in [2.75, 3.05) is 32.6 Å². The molecule has 3 aromatic heterocycles. The Kier molecular flexibility index (Phi) is 6.10. The monoisotopic (exact) mass is 501 g/mol. The van der Waals surface area contributed by atoms with E-state index in [1.807, 2.05) is 47.7 Å². The molecule has 190 valence electrons. The summed E-state index contributed by atoms with van der Waals surface area (Å²) >= 11 is 0. The number of ether oxygens (including phenoxy) is 2. The lowest BCUT2D eigenvalue weighted by atomic mass is 9.99. The zero-order chi connectivity index (χ0) is 25.5. The van der Waals surface area contributed by atoms with Crippen molar-refractivity contribution < 1.29 is 18.7 Å². The highest BCUT2D eigenvalue weighted by Gasteiger charge is 2.28. The molecule has 4 aromatic rings. The molecular formula is C28H28FN5O3. The molecule has 0 amide bonds. The van der Waals surface area contributed by atoms with E-state index in [0.717, 1.165) is 40.4 Å². The van der Waals surface area contributed by atoms with Crippen molar-refractivity contribution in [3.63, 3.8) is 0 Å². The molecule has 0 spiro atoms. The molecular weight excluding hydrogens is 473 g/mol. The third kappa shape index (κ3) is 4.56. The Morgan fingerprint density at radius 2 is 2.11 bits per heavy atom. The highest BCUT2D eigenvalue weighted by Crippen LogP contribution is 2.38. The van der Waals surface area contributed by atoms with Gasteiger partial charge < -0.3 is 19.7 Å². The van der Waals surface area contributed by atoms with Crippen LogP contribution in [0.15, 0.2) is 48.8 Å². The average Bonchev–Trinajstić information content (AvgIpc) is 3.61. The maximum absolute atomic E-state index is 13.7. The number of benzene rings is 1. The van der Waals surface area contributed by atoms with Gasteiger partial charge in [0, 0.05) is 42.8 Å². The standard InChI is InChI=1S/C28H28FN5O3/c1-33(2)15-22-25(37-18-10-12-36-16-18)7-8-26(32-22)31-21-5-3-19(20-4-6-24(35)28(20)21)23-14-30-27-13-17(29)9-11-34(23)27/h3,5,7-9,11,13-14,18H,4,6,10,12,15-16H2,1-2H3,(H,31,32)/t18-/m1/s1. The highest BCUT2D eigenvalue weighted by atomic mass is 19.1. The zero-order valence-corrected chi connectivity index (χ0v) is 20.8. The zero-order valence-electron chi connectivity index (χ0n) is 20.8. The summed E-state index contributed by atoms with van der Waals surface area (Å²) in [5.74, 6) is 1.15. The summed E-state index contributed by atoms with van der Waals surface area (Å²) in [6.07, 6.45) is 5.38. The lowest BCUT2D eigenvalue weighted by molar-refractivity contribution is 0.0995. The first kappa shape index (κ1) is 23.6. The molecule has 0 unspecified atom stereocenters. The number of nitrogens with zero attached hydrogens (tertiary/aromatic N) is 4. The Morgan fingerprint density at radius 3 is 2.92 bits per heavy atom. The number of pyridine rings is 2. The Bertz CT molecular complexity index is 1490. The predicted octanol–water partition coefficient (Wildman–Crippen LogP) is 4.64. The Morgan fingerprint density at radius 1 is 1.22 bits per heavy atom. The molecule has 1 saturated heterocycles. The van der Waals surface area contributed by atoms with Crippen molar-refractivity contribution >= 4 is 22.9 Å². The third-order valence-corrected chi connectivity index (χ3v) is 6.79. The van der Waals surface area contributed by atoms with E-state index in [1.165, 1.54) is 12.1 Å². The summed E-state index contributed by atoms with van der Waals surface area (Å²) in [6.45, 7) is 1.91. The topological polar surface area (TPSA) is 81.0 Å². The van der Waals surface area contributed by atoms with Gasteiger partial charge in [-0.05, 0) is 50.3 Å². The number of ketones is 1. The van der Waals surface area contributed by atoms with Gasteiger partial charge in [0.05, 0.1) is 36.5 Å². The highest BCUT2D eigenvalue weighted by molar-refractivity contribution is 6.07. The maximum Gasteiger partial charge on any atom is 0.165 e. The average molecular weight is 502 g/mol. The van der Waals surface area contributed by atoms with Gasteiger partial charge >= 0.3 is 0 Å². The molecule has 9 heteroatoms. The van der Waals surface area contributed by atoms with Gasteiger partial charge in [0.25, 0.3) is 0 Å². The minimum atomic E-state index is -0.335. The lowest BCUT2D eigenvalue weighted by Gasteiger charge is -2.19. The normalized spacial score (nSPS) is 17.1. The van der Waals surface area contributed by atoms with Gasteiger partial charge in [0.15, 0.2) is 5.78 Å². The van der Waals surface area contributed by atoms with Crippen LogP contribution in [0.3, 0.4) is 0 Å². The Hall–Kier alpha value is -3.82. The molecule has 8 nitrogen and oxygen atoms in total. The number of fused-ring (bicyclic) bond motifs is 2. The van der Waals surface area contributed by atoms with Crippen LogP contribution in [0.2, 0.25) is 0 Å². The fraction of sp³-hybridized carbons (Fsp3) is 0.321. The van der Waals surface area contributed by atoms with E-state index in [4.69, 9.17) is 14.5 Å². The second kappa shape index (κ2) is 9.57. The van der Waals surface area contributed by atoms with Gasteiger partial charge in [-0.15, -0.1) is 0 Å². The van der Waals surface area contributed by atoms with E-state index in [9.17, 15) is 9.18 Å². The van der Waals surface area contributed by atoms with Crippen molar-refractivity contribution in [3.8, 4) is 17.0 Å². The van der Waals surface area contributed by atoms with Gasteiger partial charge in [0.1, 0.15) is 29.1 Å². The lowest BCUT2D eigenvalue weighted by Crippen LogP contribution is -2.19. The summed E-state index contributed by atoms with van der Waals surface area (Å²) in [5, 5.41) is 3.38. The predicted molar refractivity (Wildman–Crippen MR) is 138 cm³/mol. The Balaban J connectivity index is 1.35. The molecule has 1 aromatic carbocycles. The number of halogens is 1. The molecule has 1 N–H and O–H groups in total. The van der Waals surface area contributed by atoms with Crippen LogP contribution in [0, 0.1) is 5.82 Å². The second-order valence-electron chi connectivity index (χ2n) is 9.76. The molecule has 1 fully saturated rings. The van der Waals surface area contributed by atoms with Crippen LogP contribution in [0.25, 0.3) is 16.9 Å². The SMILES string of the molecule is CN(C)Cc1nc(Nc2ccc(-c3cnc4cc(F)ccn34)c3c2C(=O)CC3)ccc1O[C@@H]1CCOC1. The molecule has 4 heterocycles. The number of carbonyl (C=O) groups is 1. The smallest absolute Gasteiger partial charge is 0.165 e. The molecule has 0 saturated carbocycles. The van der Waals surface area contributed by atoms with Crippen molar-refractivity contribution in [3.05, 3.63) is 71.4 Å². The van der Waals surface area contributed by atoms with E-state index >= 15 is 0 Å². The van der Waals surface area contributed by atoms with E-state index in [-0.39, 0.29) is 17.7 Å². The molecule has 0 bridgehead atoms. The van der Waals surface area contributed by atoms with Crippen molar-refractivity contribution in [2.24, 2.45) is 0 Å². The van der Waals surface area contributed by atoms with Crippen LogP contribution in [0.4, 0.5) is 15.9 Å². The number of hydrogen-bond donors (Lipinski definition) is 1. The first-order valence-electron chi connectivity index (χ1n) is 12.4. The van der Waals surface area contributed by atoms with Crippen molar-refractivity contribution in [1.82, 2.24) is 19.3 Å². The molecule has 37 heavy (non-hydrogen) atoms. The first-order chi connectivity index (χ1) is 18.0. The molecule has 1 aliphatic carbocycles. The molecule has 1 atom stereocenters. The molecule has 0 radical (unpaired) electrons. The summed E-state index contributed by atoms with van der Waals surface area (Å²) in [6, 6.07) is 10.5. The number of carbonyl (C=O) groups excluding carboxylic acids is 1. The fourth-order valence-electron chi connectivity index (χ4n) is 5.09. The van der Waals surface area contributed by atoms with Crippen molar-refractivity contribution in [1.29, 1.82) is 0 Å². The van der Waals surface area contributed by atoms with Gasteiger partial charge in [-0.2, -0.15) is 0 Å². The summed E-state index contributed by atoms with van der Waals surface area (Å²) in [5.41, 5.74) is 5.47. The number of aromatic nitrogens is 3. The van der Waals surface area contributed by atoms with E-state index in [1.54, 1.807) is 12.4 Å². The van der Waals surface area contributed by atoms with Gasteiger partial charge in [-0.25, -0.2) is 14.4 Å². The van der Waals surface area contributed by atoms with Gasteiger partial charge in [-0.1, -0.05) is 6.07 Å². The number of rotatable bonds is 7. The summed E-state index contributed by atoms with van der Waals surface area (Å²) in [7, 11) is 3.98. The molecule has 1 aliphatic heterocycles. The number of imidazole rings is 1. The number of nitrogens with one attached hydrogen (secondary N) is 1. The number of hydrogen-bond acceptors (Lipinski definition) is 7. The van der Waals surface area contributed by atoms with Gasteiger partial charge in [-0.3, -0.25) is 9.20 Å². The molecule has 2 aliphatic rings. The van der Waals surface area contributed by atoms with Crippen LogP contribution in [-0.2, 0) is 17.7 Å². The van der Waals surface area contributed by atoms with Crippen LogP contribution >= 0.6 is 0 Å². The number of anilines is 2. The maximum atomic E-state index is 13.7. The first-order valence-corrected chi connectivity index (χ1v) is 12.4. The fourth-order valence-corrected chi connectivity index (χ4v) is 5.09. The Labute approximate surface area is 214 Å².